The van der Waals surface area contributed by atoms with Gasteiger partial charge in [0, 0.05) is 6.07 Å². The van der Waals surface area contributed by atoms with E-state index in [2.05, 4.69) is 28.7 Å². The Hall–Kier alpha value is -2.00. The summed E-state index contributed by atoms with van der Waals surface area (Å²) in [6.45, 7) is 0.438. The molecule has 0 aromatic heterocycles. The van der Waals surface area contributed by atoms with Gasteiger partial charge in [0.1, 0.15) is 6.61 Å². The molecule has 0 aliphatic carbocycles. The molecule has 2 rings (SSSR count). The summed E-state index contributed by atoms with van der Waals surface area (Å²) in [7, 11) is 1.57. The zero-order valence-corrected chi connectivity index (χ0v) is 13.7. The van der Waals surface area contributed by atoms with Crippen molar-refractivity contribution >= 4 is 28.7 Å². The predicted octanol–water partition coefficient (Wildman–Crippen LogP) is 4.26. The minimum absolute atomic E-state index is 0.438. The molecule has 2 aromatic carbocycles. The van der Waals surface area contributed by atoms with Crippen LogP contribution in [0.3, 0.4) is 0 Å². The van der Waals surface area contributed by atoms with Crippen LogP contribution in [-0.4, -0.2) is 13.7 Å². The van der Waals surface area contributed by atoms with E-state index in [9.17, 15) is 0 Å². The van der Waals surface area contributed by atoms with Gasteiger partial charge in [0.15, 0.2) is 11.5 Å². The van der Waals surface area contributed by atoms with Crippen molar-refractivity contribution < 1.29 is 9.47 Å². The molecule has 0 bridgehead atoms. The number of hydrogen-bond donors (Lipinski definition) is 0. The fourth-order valence-electron chi connectivity index (χ4n) is 1.80. The number of hydrogen-bond acceptors (Lipinski definition) is 3. The average Bonchev–Trinajstić information content (AvgIpc) is 2.53. The summed E-state index contributed by atoms with van der Waals surface area (Å²) in [5.41, 5.74) is 1.69. The molecule has 4 heteroatoms. The Morgan fingerprint density at radius 3 is 2.67 bits per heavy atom. The molecule has 0 heterocycles. The van der Waals surface area contributed by atoms with E-state index in [0.717, 1.165) is 9.13 Å². The van der Waals surface area contributed by atoms with Gasteiger partial charge in [-0.25, -0.2) is 0 Å². The molecule has 2 aromatic rings. The molecule has 3 nitrogen and oxygen atoms in total. The maximum atomic E-state index is 8.95. The Morgan fingerprint density at radius 2 is 2.00 bits per heavy atom. The Morgan fingerprint density at radius 1 is 1.24 bits per heavy atom. The van der Waals surface area contributed by atoms with Gasteiger partial charge in [-0.1, -0.05) is 36.4 Å². The molecule has 0 atom stereocenters. The first-order valence-corrected chi connectivity index (χ1v) is 7.44. The van der Waals surface area contributed by atoms with Crippen molar-refractivity contribution in [3.63, 3.8) is 0 Å². The van der Waals surface area contributed by atoms with Crippen LogP contribution in [0.1, 0.15) is 11.1 Å². The molecule has 0 saturated heterocycles. The van der Waals surface area contributed by atoms with Gasteiger partial charge in [-0.15, -0.1) is 0 Å². The van der Waals surface area contributed by atoms with E-state index in [1.807, 2.05) is 42.5 Å². The first kappa shape index (κ1) is 15.4. The minimum atomic E-state index is 0.438. The topological polar surface area (TPSA) is 42.2 Å². The molecule has 0 spiro atoms. The quantitative estimate of drug-likeness (QED) is 0.716. The highest BCUT2D eigenvalue weighted by Crippen LogP contribution is 2.33. The van der Waals surface area contributed by atoms with Crippen molar-refractivity contribution in [1.29, 1.82) is 5.26 Å². The van der Waals surface area contributed by atoms with Crippen molar-refractivity contribution in [1.82, 2.24) is 0 Å². The number of halogens is 1. The van der Waals surface area contributed by atoms with Crippen LogP contribution >= 0.6 is 22.6 Å². The normalized spacial score (nSPS) is 10.3. The number of nitriles is 1. The molecule has 0 amide bonds. The monoisotopic (exact) mass is 391 g/mol. The van der Waals surface area contributed by atoms with E-state index < -0.39 is 0 Å². The second-order valence-corrected chi connectivity index (χ2v) is 5.39. The Balaban J connectivity index is 2.07. The van der Waals surface area contributed by atoms with Gasteiger partial charge in [-0.2, -0.15) is 5.26 Å². The van der Waals surface area contributed by atoms with Gasteiger partial charge >= 0.3 is 0 Å². The summed E-state index contributed by atoms with van der Waals surface area (Å²) in [4.78, 5) is 0. The number of nitrogens with zero attached hydrogens (tertiary/aromatic N) is 1. The van der Waals surface area contributed by atoms with Crippen molar-refractivity contribution in [2.24, 2.45) is 0 Å². The van der Waals surface area contributed by atoms with E-state index in [-0.39, 0.29) is 0 Å². The summed E-state index contributed by atoms with van der Waals surface area (Å²) >= 11 is 2.14. The second kappa shape index (κ2) is 7.70. The number of ether oxygens (including phenoxy) is 2. The zero-order chi connectivity index (χ0) is 15.1. The van der Waals surface area contributed by atoms with Crippen molar-refractivity contribution in [3.05, 3.63) is 63.2 Å². The zero-order valence-electron chi connectivity index (χ0n) is 11.5. The van der Waals surface area contributed by atoms with Crippen LogP contribution in [0.25, 0.3) is 6.08 Å². The lowest BCUT2D eigenvalue weighted by molar-refractivity contribution is 0.324. The van der Waals surface area contributed by atoms with Crippen LogP contribution in [-0.2, 0) is 0 Å². The summed E-state index contributed by atoms with van der Waals surface area (Å²) < 4.78 is 11.9. The SMILES string of the molecule is COc1cc(C#N)cc(I)c1OC/C=C/c1ccccc1. The standard InChI is InChI=1S/C17H14INO2/c1-20-16-11-14(12-19)10-15(18)17(16)21-9-5-8-13-6-3-2-4-7-13/h2-8,10-11H,9H2,1H3/b8-5+. The van der Waals surface area contributed by atoms with Crippen LogP contribution in [0, 0.1) is 14.9 Å². The van der Waals surface area contributed by atoms with Crippen molar-refractivity contribution in [2.45, 2.75) is 0 Å². The highest BCUT2D eigenvalue weighted by molar-refractivity contribution is 14.1. The van der Waals surface area contributed by atoms with Gasteiger partial charge < -0.3 is 9.47 Å². The fourth-order valence-corrected chi connectivity index (χ4v) is 2.56. The van der Waals surface area contributed by atoms with Crippen LogP contribution in [0.5, 0.6) is 11.5 Å². The molecular weight excluding hydrogens is 377 g/mol. The Bertz CT molecular complexity index is 675. The highest BCUT2D eigenvalue weighted by atomic mass is 127. The van der Waals surface area contributed by atoms with Crippen LogP contribution in [0.4, 0.5) is 0 Å². The van der Waals surface area contributed by atoms with Crippen LogP contribution < -0.4 is 9.47 Å². The third kappa shape index (κ3) is 4.23. The highest BCUT2D eigenvalue weighted by Gasteiger charge is 2.10. The van der Waals surface area contributed by atoms with E-state index in [4.69, 9.17) is 14.7 Å². The first-order chi connectivity index (χ1) is 10.2. The van der Waals surface area contributed by atoms with Gasteiger partial charge in [0.2, 0.25) is 0 Å². The predicted molar refractivity (Wildman–Crippen MR) is 91.4 cm³/mol. The third-order valence-electron chi connectivity index (χ3n) is 2.79. The number of methoxy groups -OCH3 is 1. The van der Waals surface area contributed by atoms with Gasteiger partial charge in [0.05, 0.1) is 22.3 Å². The molecule has 106 valence electrons. The molecule has 0 fully saturated rings. The van der Waals surface area contributed by atoms with Crippen molar-refractivity contribution in [3.8, 4) is 17.6 Å². The van der Waals surface area contributed by atoms with Crippen molar-refractivity contribution in [2.75, 3.05) is 13.7 Å². The maximum Gasteiger partial charge on any atom is 0.175 e. The van der Waals surface area contributed by atoms with Gasteiger partial charge in [0.25, 0.3) is 0 Å². The lowest BCUT2D eigenvalue weighted by Crippen LogP contribution is -1.99. The molecule has 0 saturated carbocycles. The van der Waals surface area contributed by atoms with E-state index in [1.165, 1.54) is 0 Å². The molecule has 0 aliphatic heterocycles. The molecule has 0 aliphatic rings. The van der Waals surface area contributed by atoms with Crippen LogP contribution in [0.15, 0.2) is 48.5 Å². The average molecular weight is 391 g/mol. The largest absolute Gasteiger partial charge is 0.493 e. The Labute approximate surface area is 138 Å². The molecule has 0 unspecified atom stereocenters. The summed E-state index contributed by atoms with van der Waals surface area (Å²) in [5.74, 6) is 1.24. The van der Waals surface area contributed by atoms with E-state index >= 15 is 0 Å². The second-order valence-electron chi connectivity index (χ2n) is 4.23. The third-order valence-corrected chi connectivity index (χ3v) is 3.59. The lowest BCUT2D eigenvalue weighted by Gasteiger charge is -2.11. The number of rotatable bonds is 5. The molecular formula is C17H14INO2. The van der Waals surface area contributed by atoms with E-state index in [0.29, 0.717) is 23.7 Å². The smallest absolute Gasteiger partial charge is 0.175 e. The lowest BCUT2D eigenvalue weighted by atomic mass is 10.2. The number of benzene rings is 2. The molecule has 0 radical (unpaired) electrons. The molecule has 0 N–H and O–H groups in total. The first-order valence-electron chi connectivity index (χ1n) is 6.36. The summed E-state index contributed by atoms with van der Waals surface area (Å²) in [6.07, 6.45) is 3.95. The Kier molecular flexibility index (Phi) is 5.64. The van der Waals surface area contributed by atoms with Crippen LogP contribution in [0.2, 0.25) is 0 Å². The summed E-state index contributed by atoms with van der Waals surface area (Å²) in [6, 6.07) is 15.6. The fraction of sp³-hybridized carbons (Fsp3) is 0.118. The van der Waals surface area contributed by atoms with Gasteiger partial charge in [-0.05, 0) is 40.3 Å². The van der Waals surface area contributed by atoms with Gasteiger partial charge in [-0.3, -0.25) is 0 Å². The van der Waals surface area contributed by atoms with E-state index in [1.54, 1.807) is 19.2 Å². The molecule has 21 heavy (non-hydrogen) atoms. The maximum absolute atomic E-state index is 8.95. The summed E-state index contributed by atoms with van der Waals surface area (Å²) in [5, 5.41) is 8.95. The minimum Gasteiger partial charge on any atom is -0.493 e.